The van der Waals surface area contributed by atoms with Gasteiger partial charge in [-0.1, -0.05) is 18.2 Å². The number of carbonyl (C=O) groups excluding carboxylic acids is 1. The number of benzene rings is 1. The number of rotatable bonds is 5. The number of nitrogens with two attached hydrogens (primary N) is 1. The van der Waals surface area contributed by atoms with Crippen LogP contribution >= 0.6 is 12.4 Å². The summed E-state index contributed by atoms with van der Waals surface area (Å²) in [6.45, 7) is 1.84. The van der Waals surface area contributed by atoms with Crippen LogP contribution in [0.5, 0.6) is 0 Å². The van der Waals surface area contributed by atoms with E-state index in [2.05, 4.69) is 10.0 Å². The summed E-state index contributed by atoms with van der Waals surface area (Å²) in [5.41, 5.74) is 7.07. The maximum absolute atomic E-state index is 12.3. The summed E-state index contributed by atoms with van der Waals surface area (Å²) in [6.07, 6.45) is 3.50. The van der Waals surface area contributed by atoms with Crippen LogP contribution in [0.3, 0.4) is 0 Å². The predicted molar refractivity (Wildman–Crippen MR) is 94.0 cm³/mol. The van der Waals surface area contributed by atoms with E-state index in [1.807, 2.05) is 13.0 Å². The number of nitrogens with one attached hydrogen (secondary N) is 2. The fraction of sp³-hybridized carbons (Fsp3) is 0.533. The molecule has 1 aromatic rings. The minimum Gasteiger partial charge on any atom is -0.349 e. The van der Waals surface area contributed by atoms with Crippen LogP contribution in [0.15, 0.2) is 24.3 Å². The molecule has 4 N–H and O–H groups in total. The number of amides is 1. The Bertz CT molecular complexity index is 651. The number of para-hydroxylation sites is 1. The summed E-state index contributed by atoms with van der Waals surface area (Å²) in [6, 6.07) is 6.88. The van der Waals surface area contributed by atoms with Gasteiger partial charge in [0.1, 0.15) is 0 Å². The summed E-state index contributed by atoms with van der Waals surface area (Å²) >= 11 is 0. The van der Waals surface area contributed by atoms with E-state index in [9.17, 15) is 13.2 Å². The molecule has 1 saturated carbocycles. The second kappa shape index (κ2) is 7.99. The van der Waals surface area contributed by atoms with Crippen molar-refractivity contribution < 1.29 is 13.2 Å². The van der Waals surface area contributed by atoms with Gasteiger partial charge in [0.2, 0.25) is 15.9 Å². The molecule has 0 heterocycles. The second-order valence-electron chi connectivity index (χ2n) is 5.96. The third kappa shape index (κ3) is 5.67. The molecule has 1 amide bonds. The number of hydrogen-bond acceptors (Lipinski definition) is 4. The van der Waals surface area contributed by atoms with Crippen molar-refractivity contribution in [2.45, 2.75) is 38.3 Å². The van der Waals surface area contributed by atoms with Crippen molar-refractivity contribution in [2.75, 3.05) is 11.0 Å². The van der Waals surface area contributed by atoms with Gasteiger partial charge in [-0.2, -0.15) is 0 Å². The maximum Gasteiger partial charge on any atom is 0.229 e. The van der Waals surface area contributed by atoms with Gasteiger partial charge in [0.05, 0.1) is 18.0 Å². The van der Waals surface area contributed by atoms with Crippen molar-refractivity contribution in [3.8, 4) is 0 Å². The first-order chi connectivity index (χ1) is 10.3. The lowest BCUT2D eigenvalue weighted by atomic mass is 10.0. The average Bonchev–Trinajstić information content (AvgIpc) is 2.84. The van der Waals surface area contributed by atoms with Crippen LogP contribution in [0.4, 0.5) is 5.69 Å². The van der Waals surface area contributed by atoms with E-state index in [-0.39, 0.29) is 36.3 Å². The van der Waals surface area contributed by atoms with Gasteiger partial charge in [0.25, 0.3) is 0 Å². The molecule has 3 unspecified atom stereocenters. The van der Waals surface area contributed by atoms with Gasteiger partial charge in [-0.3, -0.25) is 9.52 Å². The van der Waals surface area contributed by atoms with E-state index in [1.54, 1.807) is 18.2 Å². The highest BCUT2D eigenvalue weighted by Gasteiger charge is 2.28. The fourth-order valence-electron chi connectivity index (χ4n) is 2.83. The summed E-state index contributed by atoms with van der Waals surface area (Å²) < 4.78 is 25.3. The molecule has 1 fully saturated rings. The maximum atomic E-state index is 12.3. The first kappa shape index (κ1) is 19.7. The Morgan fingerprint density at radius 2 is 1.96 bits per heavy atom. The molecule has 0 aromatic heterocycles. The monoisotopic (exact) mass is 361 g/mol. The van der Waals surface area contributed by atoms with E-state index >= 15 is 0 Å². The molecule has 0 spiro atoms. The van der Waals surface area contributed by atoms with E-state index in [0.29, 0.717) is 12.1 Å². The molecular formula is C15H24ClN3O3S. The Balaban J connectivity index is 0.00000264. The van der Waals surface area contributed by atoms with Gasteiger partial charge in [0.15, 0.2) is 0 Å². The third-order valence-electron chi connectivity index (χ3n) is 3.93. The zero-order chi connectivity index (χ0) is 16.3. The van der Waals surface area contributed by atoms with Gasteiger partial charge in [0, 0.05) is 12.0 Å². The summed E-state index contributed by atoms with van der Waals surface area (Å²) in [5.74, 6) is -0.0675. The van der Waals surface area contributed by atoms with Gasteiger partial charge < -0.3 is 11.1 Å². The van der Waals surface area contributed by atoms with Crippen LogP contribution in [0.2, 0.25) is 0 Å². The van der Waals surface area contributed by atoms with Gasteiger partial charge in [-0.15, -0.1) is 12.4 Å². The van der Waals surface area contributed by atoms with E-state index < -0.39 is 10.0 Å². The van der Waals surface area contributed by atoms with Gasteiger partial charge in [-0.25, -0.2) is 8.42 Å². The number of carbonyl (C=O) groups is 1. The zero-order valence-corrected chi connectivity index (χ0v) is 14.9. The zero-order valence-electron chi connectivity index (χ0n) is 13.3. The highest BCUT2D eigenvalue weighted by Crippen LogP contribution is 2.27. The SMILES string of the molecule is CC(NC(=O)C1CCC(N)C1)c1ccccc1NS(C)(=O)=O.Cl. The molecule has 8 heteroatoms. The Kier molecular flexibility index (Phi) is 6.85. The molecule has 3 atom stereocenters. The average molecular weight is 362 g/mol. The Morgan fingerprint density at radius 3 is 2.52 bits per heavy atom. The number of sulfonamides is 1. The van der Waals surface area contributed by atoms with Crippen molar-refractivity contribution in [1.82, 2.24) is 5.32 Å². The number of anilines is 1. The van der Waals surface area contributed by atoms with E-state index in [0.717, 1.165) is 24.7 Å². The lowest BCUT2D eigenvalue weighted by molar-refractivity contribution is -0.125. The smallest absolute Gasteiger partial charge is 0.229 e. The quantitative estimate of drug-likeness (QED) is 0.744. The molecule has 0 aliphatic heterocycles. The summed E-state index contributed by atoms with van der Waals surface area (Å²) in [4.78, 5) is 12.3. The highest BCUT2D eigenvalue weighted by molar-refractivity contribution is 7.92. The van der Waals surface area contributed by atoms with Crippen LogP contribution in [0.1, 0.15) is 37.8 Å². The van der Waals surface area contributed by atoms with E-state index in [4.69, 9.17) is 5.73 Å². The Hall–Kier alpha value is -1.31. The number of hydrogen-bond donors (Lipinski definition) is 3. The molecule has 6 nitrogen and oxygen atoms in total. The van der Waals surface area contributed by atoms with Crippen LogP contribution in [-0.4, -0.2) is 26.6 Å². The minimum absolute atomic E-state index is 0. The summed E-state index contributed by atoms with van der Waals surface area (Å²) in [5, 5.41) is 2.96. The van der Waals surface area contributed by atoms with Crippen LogP contribution in [-0.2, 0) is 14.8 Å². The molecule has 130 valence electrons. The number of halogens is 1. The molecule has 2 rings (SSSR count). The van der Waals surface area contributed by atoms with Crippen molar-refractivity contribution in [3.05, 3.63) is 29.8 Å². The highest BCUT2D eigenvalue weighted by atomic mass is 35.5. The van der Waals surface area contributed by atoms with Crippen molar-refractivity contribution in [2.24, 2.45) is 11.7 Å². The third-order valence-corrected chi connectivity index (χ3v) is 4.52. The lowest BCUT2D eigenvalue weighted by Crippen LogP contribution is -2.33. The molecule has 0 saturated heterocycles. The Morgan fingerprint density at radius 1 is 1.30 bits per heavy atom. The fourth-order valence-corrected chi connectivity index (χ4v) is 3.42. The van der Waals surface area contributed by atoms with Crippen molar-refractivity contribution in [3.63, 3.8) is 0 Å². The Labute approximate surface area is 143 Å². The van der Waals surface area contributed by atoms with E-state index in [1.165, 1.54) is 0 Å². The lowest BCUT2D eigenvalue weighted by Gasteiger charge is -2.20. The van der Waals surface area contributed by atoms with Gasteiger partial charge in [-0.05, 0) is 37.8 Å². The van der Waals surface area contributed by atoms with Crippen LogP contribution in [0, 0.1) is 5.92 Å². The molecule has 1 aliphatic carbocycles. The molecule has 23 heavy (non-hydrogen) atoms. The minimum atomic E-state index is -3.36. The van der Waals surface area contributed by atoms with Crippen LogP contribution < -0.4 is 15.8 Å². The topological polar surface area (TPSA) is 101 Å². The molecule has 0 radical (unpaired) electrons. The first-order valence-electron chi connectivity index (χ1n) is 7.39. The van der Waals surface area contributed by atoms with Gasteiger partial charge >= 0.3 is 0 Å². The molecule has 1 aromatic carbocycles. The first-order valence-corrected chi connectivity index (χ1v) is 9.28. The van der Waals surface area contributed by atoms with Crippen molar-refractivity contribution >= 4 is 34.0 Å². The standard InChI is InChI=1S/C15H23N3O3S.ClH/c1-10(17-15(19)11-7-8-12(16)9-11)13-5-3-4-6-14(13)18-22(2,20)21;/h3-6,10-12,18H,7-9,16H2,1-2H3,(H,17,19);1H. The van der Waals surface area contributed by atoms with Crippen LogP contribution in [0.25, 0.3) is 0 Å². The van der Waals surface area contributed by atoms with Crippen molar-refractivity contribution in [1.29, 1.82) is 0 Å². The predicted octanol–water partition coefficient (Wildman–Crippen LogP) is 1.78. The molecule has 1 aliphatic rings. The molecule has 0 bridgehead atoms. The molecular weight excluding hydrogens is 338 g/mol. The second-order valence-corrected chi connectivity index (χ2v) is 7.71. The summed E-state index contributed by atoms with van der Waals surface area (Å²) in [7, 11) is -3.36. The largest absolute Gasteiger partial charge is 0.349 e. The normalized spacial score (nSPS) is 22.0.